The van der Waals surface area contributed by atoms with Crippen molar-refractivity contribution in [3.05, 3.63) is 43.1 Å². The number of methoxy groups -OCH3 is 1. The summed E-state index contributed by atoms with van der Waals surface area (Å²) in [6, 6.07) is 7.09. The van der Waals surface area contributed by atoms with Gasteiger partial charge in [0.2, 0.25) is 0 Å². The molecule has 2 aromatic rings. The Morgan fingerprint density at radius 1 is 1.32 bits per heavy atom. The van der Waals surface area contributed by atoms with Crippen LogP contribution in [0, 0.1) is 0 Å². The maximum Gasteiger partial charge on any atom is 0.161 e. The molecule has 0 amide bonds. The van der Waals surface area contributed by atoms with E-state index in [1.54, 1.807) is 31.5 Å². The molecule has 0 saturated heterocycles. The normalized spacial score (nSPS) is 9.95. The molecule has 0 aliphatic heterocycles. The first-order chi connectivity index (χ1) is 9.22. The van der Waals surface area contributed by atoms with Gasteiger partial charge < -0.3 is 15.2 Å². The Balaban J connectivity index is 2.41. The van der Waals surface area contributed by atoms with E-state index in [2.05, 4.69) is 16.5 Å². The highest BCUT2D eigenvalue weighted by Crippen LogP contribution is 2.28. The molecule has 0 radical (unpaired) electrons. The third kappa shape index (κ3) is 3.22. The van der Waals surface area contributed by atoms with Gasteiger partial charge in [-0.05, 0) is 18.2 Å². The number of nitrogen functional groups attached to an aromatic ring is 1. The van der Waals surface area contributed by atoms with E-state index in [1.165, 1.54) is 0 Å². The number of rotatable bonds is 5. The topological polar surface area (TPSA) is 70.3 Å². The average molecular weight is 257 g/mol. The van der Waals surface area contributed by atoms with Crippen LogP contribution in [0.15, 0.2) is 43.1 Å². The molecule has 2 N–H and O–H groups in total. The van der Waals surface area contributed by atoms with E-state index in [4.69, 9.17) is 15.2 Å². The SMILES string of the molecule is C=CCOc1cc(OC)cc(-c2nccc(N)n2)c1. The molecule has 0 saturated carbocycles. The van der Waals surface area contributed by atoms with Crippen LogP contribution in [0.3, 0.4) is 0 Å². The molecular weight excluding hydrogens is 242 g/mol. The van der Waals surface area contributed by atoms with Gasteiger partial charge in [0, 0.05) is 17.8 Å². The van der Waals surface area contributed by atoms with E-state index >= 15 is 0 Å². The van der Waals surface area contributed by atoms with Gasteiger partial charge >= 0.3 is 0 Å². The smallest absolute Gasteiger partial charge is 0.161 e. The molecule has 1 aromatic carbocycles. The zero-order valence-corrected chi connectivity index (χ0v) is 10.7. The van der Waals surface area contributed by atoms with Gasteiger partial charge in [0.15, 0.2) is 5.82 Å². The number of nitrogens with zero attached hydrogens (tertiary/aromatic N) is 2. The second-order valence-electron chi connectivity index (χ2n) is 3.80. The van der Waals surface area contributed by atoms with Gasteiger partial charge in [-0.3, -0.25) is 0 Å². The van der Waals surface area contributed by atoms with Crippen molar-refractivity contribution in [1.82, 2.24) is 9.97 Å². The van der Waals surface area contributed by atoms with Crippen LogP contribution in [0.25, 0.3) is 11.4 Å². The van der Waals surface area contributed by atoms with Crippen molar-refractivity contribution >= 4 is 5.82 Å². The molecule has 0 bridgehead atoms. The Morgan fingerprint density at radius 2 is 2.11 bits per heavy atom. The van der Waals surface area contributed by atoms with Gasteiger partial charge in [0.25, 0.3) is 0 Å². The Hall–Kier alpha value is -2.56. The number of ether oxygens (including phenoxy) is 2. The summed E-state index contributed by atoms with van der Waals surface area (Å²) < 4.78 is 10.7. The van der Waals surface area contributed by atoms with E-state index in [1.807, 2.05) is 12.1 Å². The minimum atomic E-state index is 0.418. The Morgan fingerprint density at radius 3 is 2.79 bits per heavy atom. The van der Waals surface area contributed by atoms with Crippen LogP contribution in [0.2, 0.25) is 0 Å². The monoisotopic (exact) mass is 257 g/mol. The molecule has 0 atom stereocenters. The number of benzene rings is 1. The summed E-state index contributed by atoms with van der Waals surface area (Å²) in [5, 5.41) is 0. The van der Waals surface area contributed by atoms with E-state index < -0.39 is 0 Å². The minimum Gasteiger partial charge on any atom is -0.497 e. The molecule has 98 valence electrons. The summed E-state index contributed by atoms with van der Waals surface area (Å²) in [5.41, 5.74) is 6.44. The van der Waals surface area contributed by atoms with Gasteiger partial charge in [-0.2, -0.15) is 0 Å². The molecule has 1 aromatic heterocycles. The average Bonchev–Trinajstić information content (AvgIpc) is 2.44. The molecule has 0 spiro atoms. The zero-order valence-electron chi connectivity index (χ0n) is 10.7. The first kappa shape index (κ1) is 12.9. The summed E-state index contributed by atoms with van der Waals surface area (Å²) >= 11 is 0. The third-order valence-corrected chi connectivity index (χ3v) is 2.42. The van der Waals surface area contributed by atoms with Crippen LogP contribution >= 0.6 is 0 Å². The molecule has 0 aliphatic rings. The molecule has 0 unspecified atom stereocenters. The van der Waals surface area contributed by atoms with Crippen molar-refractivity contribution in [1.29, 1.82) is 0 Å². The predicted molar refractivity (Wildman–Crippen MR) is 74.1 cm³/mol. The largest absolute Gasteiger partial charge is 0.497 e. The number of aromatic nitrogens is 2. The van der Waals surface area contributed by atoms with E-state index in [9.17, 15) is 0 Å². The lowest BCUT2D eigenvalue weighted by Gasteiger charge is -2.09. The Bertz CT molecular complexity index is 585. The summed E-state index contributed by atoms with van der Waals surface area (Å²) in [6.45, 7) is 4.03. The van der Waals surface area contributed by atoms with Crippen LogP contribution in [0.1, 0.15) is 0 Å². The first-order valence-electron chi connectivity index (χ1n) is 5.74. The fourth-order valence-electron chi connectivity index (χ4n) is 1.57. The lowest BCUT2D eigenvalue weighted by molar-refractivity contribution is 0.357. The van der Waals surface area contributed by atoms with Crippen molar-refractivity contribution < 1.29 is 9.47 Å². The fraction of sp³-hybridized carbons (Fsp3) is 0.143. The number of nitrogens with two attached hydrogens (primary N) is 1. The van der Waals surface area contributed by atoms with Crippen molar-refractivity contribution in [3.63, 3.8) is 0 Å². The number of hydrogen-bond acceptors (Lipinski definition) is 5. The van der Waals surface area contributed by atoms with Gasteiger partial charge in [-0.25, -0.2) is 9.97 Å². The first-order valence-corrected chi connectivity index (χ1v) is 5.74. The lowest BCUT2D eigenvalue weighted by Crippen LogP contribution is -1.97. The van der Waals surface area contributed by atoms with Gasteiger partial charge in [-0.1, -0.05) is 12.7 Å². The zero-order chi connectivity index (χ0) is 13.7. The quantitative estimate of drug-likeness (QED) is 0.832. The van der Waals surface area contributed by atoms with Crippen LogP contribution in [0.4, 0.5) is 5.82 Å². The van der Waals surface area contributed by atoms with E-state index in [0.29, 0.717) is 29.7 Å². The van der Waals surface area contributed by atoms with Gasteiger partial charge in [0.05, 0.1) is 7.11 Å². The molecule has 2 rings (SSSR count). The van der Waals surface area contributed by atoms with Crippen LogP contribution in [0.5, 0.6) is 11.5 Å². The van der Waals surface area contributed by atoms with Crippen molar-refractivity contribution in [2.24, 2.45) is 0 Å². The Labute approximate surface area is 111 Å². The molecule has 5 heteroatoms. The molecule has 5 nitrogen and oxygen atoms in total. The minimum absolute atomic E-state index is 0.418. The maximum absolute atomic E-state index is 5.66. The molecule has 0 aliphatic carbocycles. The van der Waals surface area contributed by atoms with E-state index in [-0.39, 0.29) is 0 Å². The highest BCUT2D eigenvalue weighted by Gasteiger charge is 2.07. The standard InChI is InChI=1S/C14H15N3O2/c1-3-6-19-12-8-10(7-11(9-12)18-2)14-16-5-4-13(15)17-14/h3-5,7-9H,1,6H2,2H3,(H2,15,16,17). The summed E-state index contributed by atoms with van der Waals surface area (Å²) in [7, 11) is 1.59. The predicted octanol–water partition coefficient (Wildman–Crippen LogP) is 2.30. The highest BCUT2D eigenvalue weighted by molar-refractivity contribution is 5.61. The Kier molecular flexibility index (Phi) is 3.97. The summed E-state index contributed by atoms with van der Waals surface area (Å²) in [6.07, 6.45) is 3.29. The second kappa shape index (κ2) is 5.86. The van der Waals surface area contributed by atoms with Crippen LogP contribution in [-0.4, -0.2) is 23.7 Å². The van der Waals surface area contributed by atoms with Crippen LogP contribution < -0.4 is 15.2 Å². The van der Waals surface area contributed by atoms with Gasteiger partial charge in [-0.15, -0.1) is 0 Å². The molecule has 19 heavy (non-hydrogen) atoms. The summed E-state index contributed by atoms with van der Waals surface area (Å²) in [5.74, 6) is 2.28. The summed E-state index contributed by atoms with van der Waals surface area (Å²) in [4.78, 5) is 8.36. The lowest BCUT2D eigenvalue weighted by atomic mass is 10.2. The third-order valence-electron chi connectivity index (χ3n) is 2.42. The van der Waals surface area contributed by atoms with Crippen molar-refractivity contribution in [3.8, 4) is 22.9 Å². The van der Waals surface area contributed by atoms with Crippen molar-refractivity contribution in [2.45, 2.75) is 0 Å². The number of anilines is 1. The maximum atomic E-state index is 5.66. The second-order valence-corrected chi connectivity index (χ2v) is 3.80. The van der Waals surface area contributed by atoms with Crippen molar-refractivity contribution in [2.75, 3.05) is 19.5 Å². The molecular formula is C14H15N3O2. The molecule has 0 fully saturated rings. The van der Waals surface area contributed by atoms with Crippen LogP contribution in [-0.2, 0) is 0 Å². The highest BCUT2D eigenvalue weighted by atomic mass is 16.5. The fourth-order valence-corrected chi connectivity index (χ4v) is 1.57. The number of hydrogen-bond donors (Lipinski definition) is 1. The molecule has 1 heterocycles. The van der Waals surface area contributed by atoms with E-state index in [0.717, 1.165) is 5.56 Å². The van der Waals surface area contributed by atoms with Gasteiger partial charge in [0.1, 0.15) is 23.9 Å².